The molecule has 3 heterocycles. The van der Waals surface area contributed by atoms with E-state index < -0.39 is 0 Å². The minimum atomic E-state index is 0.531. The lowest BCUT2D eigenvalue weighted by Crippen LogP contribution is -2.37. The van der Waals surface area contributed by atoms with Gasteiger partial charge in [0.15, 0.2) is 5.11 Å². The third kappa shape index (κ3) is 4.34. The molecule has 1 saturated heterocycles. The molecule has 0 saturated carbocycles. The van der Waals surface area contributed by atoms with Gasteiger partial charge >= 0.3 is 0 Å². The molecule has 0 spiro atoms. The highest BCUT2D eigenvalue weighted by molar-refractivity contribution is 7.80. The van der Waals surface area contributed by atoms with Crippen LogP contribution >= 0.6 is 12.2 Å². The molecule has 1 fully saturated rings. The van der Waals surface area contributed by atoms with Crippen LogP contribution in [0.25, 0.3) is 0 Å². The molecule has 4 rings (SSSR count). The monoisotopic (exact) mass is 398 g/mol. The van der Waals surface area contributed by atoms with Crippen molar-refractivity contribution in [3.63, 3.8) is 0 Å². The molecule has 0 atom stereocenters. The molecular weight excluding hydrogens is 372 g/mol. The van der Waals surface area contributed by atoms with Gasteiger partial charge in [0.05, 0.1) is 13.2 Å². The van der Waals surface area contributed by atoms with E-state index in [9.17, 15) is 0 Å². The van der Waals surface area contributed by atoms with E-state index in [1.54, 1.807) is 0 Å². The van der Waals surface area contributed by atoms with Crippen molar-refractivity contribution >= 4 is 34.9 Å². The van der Waals surface area contributed by atoms with Crippen molar-refractivity contribution in [2.24, 2.45) is 0 Å². The van der Waals surface area contributed by atoms with Gasteiger partial charge in [-0.2, -0.15) is 9.97 Å². The number of aromatic nitrogens is 2. The topological polar surface area (TPSA) is 65.6 Å². The van der Waals surface area contributed by atoms with Gasteiger partial charge in [-0.05, 0) is 29.8 Å². The molecule has 0 aliphatic carbocycles. The molecule has 2 aliphatic heterocycles. The fourth-order valence-corrected chi connectivity index (χ4v) is 3.67. The number of nitrogens with zero attached hydrogens (tertiary/aromatic N) is 4. The summed E-state index contributed by atoms with van der Waals surface area (Å²) in [6.45, 7) is 7.73. The number of fused-ring (bicyclic) bond motifs is 1. The summed E-state index contributed by atoms with van der Waals surface area (Å²) in [5.41, 5.74) is 2.70. The SMILES string of the molecule is CCCNC(=S)Nc1nc(N2CCOCC2)cc(N2Cc3ccccc3C2)n1. The number of thiocarbonyl (C=S) groups is 1. The molecule has 28 heavy (non-hydrogen) atoms. The molecule has 1 aromatic carbocycles. The molecule has 1 aromatic heterocycles. The van der Waals surface area contributed by atoms with Crippen LogP contribution in [-0.4, -0.2) is 47.9 Å². The van der Waals surface area contributed by atoms with Gasteiger partial charge in [0.2, 0.25) is 5.95 Å². The minimum absolute atomic E-state index is 0.531. The van der Waals surface area contributed by atoms with Crippen LogP contribution in [0.5, 0.6) is 0 Å². The summed E-state index contributed by atoms with van der Waals surface area (Å²) in [4.78, 5) is 14.0. The highest BCUT2D eigenvalue weighted by atomic mass is 32.1. The zero-order chi connectivity index (χ0) is 19.3. The summed E-state index contributed by atoms with van der Waals surface area (Å²) in [6, 6.07) is 10.6. The molecule has 7 nitrogen and oxygen atoms in total. The lowest BCUT2D eigenvalue weighted by molar-refractivity contribution is 0.122. The quantitative estimate of drug-likeness (QED) is 0.745. The summed E-state index contributed by atoms with van der Waals surface area (Å²) in [5, 5.41) is 6.88. The van der Waals surface area contributed by atoms with Gasteiger partial charge < -0.3 is 25.2 Å². The van der Waals surface area contributed by atoms with E-state index in [1.807, 2.05) is 0 Å². The average molecular weight is 399 g/mol. The summed E-state index contributed by atoms with van der Waals surface area (Å²) >= 11 is 5.39. The van der Waals surface area contributed by atoms with Crippen LogP contribution in [0.2, 0.25) is 0 Å². The molecular formula is C20H26N6OS. The Morgan fingerprint density at radius 2 is 1.71 bits per heavy atom. The van der Waals surface area contributed by atoms with Crippen molar-refractivity contribution < 1.29 is 4.74 Å². The average Bonchev–Trinajstić information content (AvgIpc) is 3.17. The maximum absolute atomic E-state index is 5.49. The van der Waals surface area contributed by atoms with Crippen LogP contribution < -0.4 is 20.4 Å². The first-order valence-electron chi connectivity index (χ1n) is 9.81. The van der Waals surface area contributed by atoms with Gasteiger partial charge in [-0.1, -0.05) is 31.2 Å². The summed E-state index contributed by atoms with van der Waals surface area (Å²) in [6.07, 6.45) is 1.01. The fraction of sp³-hybridized carbons (Fsp3) is 0.450. The maximum Gasteiger partial charge on any atom is 0.232 e. The van der Waals surface area contributed by atoms with E-state index in [2.05, 4.69) is 57.7 Å². The lowest BCUT2D eigenvalue weighted by atomic mass is 10.1. The Hall–Kier alpha value is -2.45. The zero-order valence-electron chi connectivity index (χ0n) is 16.1. The van der Waals surface area contributed by atoms with Crippen molar-refractivity contribution in [2.75, 3.05) is 48.0 Å². The summed E-state index contributed by atoms with van der Waals surface area (Å²) < 4.78 is 5.49. The van der Waals surface area contributed by atoms with Crippen molar-refractivity contribution in [1.82, 2.24) is 15.3 Å². The van der Waals surface area contributed by atoms with Crippen molar-refractivity contribution in [3.05, 3.63) is 41.5 Å². The largest absolute Gasteiger partial charge is 0.378 e. The Morgan fingerprint density at radius 3 is 2.36 bits per heavy atom. The summed E-state index contributed by atoms with van der Waals surface area (Å²) in [7, 11) is 0. The van der Waals surface area contributed by atoms with Gasteiger partial charge in [-0.3, -0.25) is 0 Å². The minimum Gasteiger partial charge on any atom is -0.378 e. The third-order valence-corrected chi connectivity index (χ3v) is 5.21. The van der Waals surface area contributed by atoms with Gasteiger partial charge in [-0.15, -0.1) is 0 Å². The van der Waals surface area contributed by atoms with Crippen LogP contribution in [0.4, 0.5) is 17.6 Å². The fourth-order valence-electron chi connectivity index (χ4n) is 3.47. The second-order valence-corrected chi connectivity index (χ2v) is 7.42. The number of hydrogen-bond donors (Lipinski definition) is 2. The third-order valence-electron chi connectivity index (χ3n) is 4.96. The van der Waals surface area contributed by atoms with E-state index in [4.69, 9.17) is 26.9 Å². The number of benzene rings is 1. The van der Waals surface area contributed by atoms with E-state index in [0.29, 0.717) is 24.3 Å². The van der Waals surface area contributed by atoms with Gasteiger partial charge in [0, 0.05) is 38.8 Å². The molecule has 0 radical (unpaired) electrons. The second-order valence-electron chi connectivity index (χ2n) is 7.01. The predicted octanol–water partition coefficient (Wildman–Crippen LogP) is 2.53. The van der Waals surface area contributed by atoms with Crippen LogP contribution in [-0.2, 0) is 17.8 Å². The lowest BCUT2D eigenvalue weighted by Gasteiger charge is -2.29. The Labute approximate surface area is 171 Å². The highest BCUT2D eigenvalue weighted by Crippen LogP contribution is 2.29. The molecule has 148 valence electrons. The number of hydrogen-bond acceptors (Lipinski definition) is 6. The highest BCUT2D eigenvalue weighted by Gasteiger charge is 2.23. The van der Waals surface area contributed by atoms with Crippen molar-refractivity contribution in [1.29, 1.82) is 0 Å². The number of nitrogens with one attached hydrogen (secondary N) is 2. The number of ether oxygens (including phenoxy) is 1. The van der Waals surface area contributed by atoms with Crippen molar-refractivity contribution in [3.8, 4) is 0 Å². The standard InChI is InChI=1S/C20H26N6OS/c1-2-7-21-20(28)24-19-22-17(25-8-10-27-11-9-25)12-18(23-19)26-13-15-5-3-4-6-16(15)14-26/h3-6,12H,2,7-11,13-14H2,1H3,(H2,21,22,23,24,28). The molecule has 2 aromatic rings. The van der Waals surface area contributed by atoms with E-state index in [0.717, 1.165) is 50.8 Å². The number of rotatable bonds is 5. The molecule has 0 bridgehead atoms. The first kappa shape index (κ1) is 18.9. The van der Waals surface area contributed by atoms with Gasteiger partial charge in [0.25, 0.3) is 0 Å². The molecule has 8 heteroatoms. The van der Waals surface area contributed by atoms with Crippen LogP contribution in [0.15, 0.2) is 30.3 Å². The zero-order valence-corrected chi connectivity index (χ0v) is 17.0. The smallest absolute Gasteiger partial charge is 0.232 e. The Kier molecular flexibility index (Phi) is 5.87. The predicted molar refractivity (Wildman–Crippen MR) is 116 cm³/mol. The molecule has 0 amide bonds. The Morgan fingerprint density at radius 1 is 1.07 bits per heavy atom. The normalized spacial score (nSPS) is 16.0. The van der Waals surface area contributed by atoms with Crippen LogP contribution in [0.1, 0.15) is 24.5 Å². The van der Waals surface area contributed by atoms with Gasteiger partial charge in [-0.25, -0.2) is 0 Å². The maximum atomic E-state index is 5.49. The van der Waals surface area contributed by atoms with Crippen LogP contribution in [0.3, 0.4) is 0 Å². The molecule has 2 N–H and O–H groups in total. The number of morpholine rings is 1. The van der Waals surface area contributed by atoms with E-state index >= 15 is 0 Å². The van der Waals surface area contributed by atoms with E-state index in [-0.39, 0.29) is 0 Å². The first-order chi connectivity index (χ1) is 13.7. The Bertz CT molecular complexity index is 814. The Balaban J connectivity index is 1.59. The number of anilines is 3. The van der Waals surface area contributed by atoms with Crippen LogP contribution in [0, 0.1) is 0 Å². The first-order valence-corrected chi connectivity index (χ1v) is 10.2. The van der Waals surface area contributed by atoms with E-state index in [1.165, 1.54) is 11.1 Å². The van der Waals surface area contributed by atoms with Crippen molar-refractivity contribution in [2.45, 2.75) is 26.4 Å². The second kappa shape index (κ2) is 8.70. The summed E-state index contributed by atoms with van der Waals surface area (Å²) in [5.74, 6) is 2.35. The molecule has 0 unspecified atom stereocenters. The van der Waals surface area contributed by atoms with Gasteiger partial charge in [0.1, 0.15) is 11.6 Å². The molecule has 2 aliphatic rings.